The van der Waals surface area contributed by atoms with Crippen molar-refractivity contribution in [3.05, 3.63) is 12.0 Å². The number of aliphatic hydroxyl groups excluding tert-OH is 4. The van der Waals surface area contributed by atoms with Crippen LogP contribution in [-0.2, 0) is 4.74 Å². The first-order valence-electron chi connectivity index (χ1n) is 5.79. The highest BCUT2D eigenvalue weighted by atomic mass is 16.6. The molecule has 9 nitrogen and oxygen atoms in total. The number of imidazole rings is 1. The zero-order valence-electron chi connectivity index (χ0n) is 9.79. The van der Waals surface area contributed by atoms with E-state index in [1.54, 1.807) is 0 Å². The molecule has 1 fully saturated rings. The van der Waals surface area contributed by atoms with Crippen LogP contribution in [0.5, 0.6) is 0 Å². The van der Waals surface area contributed by atoms with Crippen LogP contribution in [0.4, 0.5) is 5.82 Å². The highest BCUT2D eigenvalue weighted by Crippen LogP contribution is 2.34. The van der Waals surface area contributed by atoms with E-state index in [2.05, 4.69) is 15.3 Å². The highest BCUT2D eigenvalue weighted by Gasteiger charge is 2.44. The van der Waals surface area contributed by atoms with Crippen LogP contribution in [0.25, 0.3) is 0 Å². The summed E-state index contributed by atoms with van der Waals surface area (Å²) < 4.78 is 6.84. The van der Waals surface area contributed by atoms with E-state index in [0.29, 0.717) is 11.5 Å². The van der Waals surface area contributed by atoms with Crippen LogP contribution < -0.4 is 5.32 Å². The maximum absolute atomic E-state index is 9.94. The summed E-state index contributed by atoms with van der Waals surface area (Å²) in [6, 6.07) is 0. The quantitative estimate of drug-likeness (QED) is 0.417. The summed E-state index contributed by atoms with van der Waals surface area (Å²) in [6.45, 7) is -0.400. The Morgan fingerprint density at radius 2 is 2.11 bits per heavy atom. The molecule has 9 heteroatoms. The number of rotatable bonds is 2. The molecule has 2 aliphatic rings. The normalized spacial score (nSPS) is 37.2. The fourth-order valence-corrected chi connectivity index (χ4v) is 2.26. The average molecular weight is 270 g/mol. The number of aliphatic hydroxyl groups is 4. The van der Waals surface area contributed by atoms with Gasteiger partial charge in [-0.1, -0.05) is 0 Å². The first kappa shape index (κ1) is 12.5. The van der Waals surface area contributed by atoms with E-state index in [1.807, 2.05) is 0 Å². The molecule has 0 saturated carbocycles. The minimum absolute atomic E-state index is 0.306. The number of hydrogen-bond acceptors (Lipinski definition) is 8. The molecule has 2 aliphatic heterocycles. The van der Waals surface area contributed by atoms with E-state index in [-0.39, 0.29) is 0 Å². The predicted octanol–water partition coefficient (Wildman–Crippen LogP) is -2.06. The SMILES string of the molecule is OC[C@@H]1O[C@@H](n2cnc3c2NC=N[C@@H]3O)[C@H](O)[C@H]1O. The van der Waals surface area contributed by atoms with Crippen molar-refractivity contribution in [2.45, 2.75) is 30.8 Å². The maximum Gasteiger partial charge on any atom is 0.193 e. The average Bonchev–Trinajstić information content (AvgIpc) is 2.94. The third kappa shape index (κ3) is 1.83. The molecule has 1 aromatic rings. The molecule has 0 amide bonds. The number of anilines is 1. The van der Waals surface area contributed by atoms with E-state index in [1.165, 1.54) is 17.2 Å². The lowest BCUT2D eigenvalue weighted by molar-refractivity contribution is -0.0518. The topological polar surface area (TPSA) is 132 Å². The van der Waals surface area contributed by atoms with Crippen molar-refractivity contribution in [1.82, 2.24) is 9.55 Å². The van der Waals surface area contributed by atoms with Crippen LogP contribution in [0.3, 0.4) is 0 Å². The lowest BCUT2D eigenvalue weighted by Crippen LogP contribution is -2.33. The molecular formula is C10H14N4O5. The monoisotopic (exact) mass is 270 g/mol. The summed E-state index contributed by atoms with van der Waals surface area (Å²) in [5, 5.41) is 41.1. The number of aromatic nitrogens is 2. The van der Waals surface area contributed by atoms with Gasteiger partial charge in [-0.2, -0.15) is 0 Å². The van der Waals surface area contributed by atoms with E-state index < -0.39 is 37.4 Å². The summed E-state index contributed by atoms with van der Waals surface area (Å²) in [6.07, 6.45) is -2.53. The number of aliphatic imine (C=N–C) groups is 1. The summed E-state index contributed by atoms with van der Waals surface area (Å²) in [4.78, 5) is 7.72. The van der Waals surface area contributed by atoms with Crippen molar-refractivity contribution in [2.24, 2.45) is 4.99 Å². The number of ether oxygens (including phenoxy) is 1. The third-order valence-electron chi connectivity index (χ3n) is 3.27. The van der Waals surface area contributed by atoms with Crippen molar-refractivity contribution < 1.29 is 25.2 Å². The summed E-state index contributed by atoms with van der Waals surface area (Å²) in [5.41, 5.74) is 0.306. The summed E-state index contributed by atoms with van der Waals surface area (Å²) in [5.74, 6) is 0.428. The van der Waals surface area contributed by atoms with Gasteiger partial charge in [-0.15, -0.1) is 0 Å². The van der Waals surface area contributed by atoms with Crippen LogP contribution >= 0.6 is 0 Å². The lowest BCUT2D eigenvalue weighted by Gasteiger charge is -2.21. The van der Waals surface area contributed by atoms with Gasteiger partial charge in [-0.25, -0.2) is 9.98 Å². The fraction of sp³-hybridized carbons (Fsp3) is 0.600. The van der Waals surface area contributed by atoms with E-state index in [0.717, 1.165) is 0 Å². The van der Waals surface area contributed by atoms with Gasteiger partial charge < -0.3 is 30.5 Å². The Kier molecular flexibility index (Phi) is 2.99. The van der Waals surface area contributed by atoms with Gasteiger partial charge in [0, 0.05) is 0 Å². The van der Waals surface area contributed by atoms with Crippen LogP contribution in [0.1, 0.15) is 18.1 Å². The van der Waals surface area contributed by atoms with Gasteiger partial charge in [-0.3, -0.25) is 4.57 Å². The van der Waals surface area contributed by atoms with Crippen molar-refractivity contribution >= 4 is 12.2 Å². The Balaban J connectivity index is 1.92. The third-order valence-corrected chi connectivity index (χ3v) is 3.27. The molecule has 3 heterocycles. The summed E-state index contributed by atoms with van der Waals surface area (Å²) >= 11 is 0. The zero-order valence-corrected chi connectivity index (χ0v) is 9.79. The molecule has 104 valence electrons. The first-order chi connectivity index (χ1) is 9.13. The largest absolute Gasteiger partial charge is 0.394 e. The molecule has 19 heavy (non-hydrogen) atoms. The number of nitrogens with zero attached hydrogens (tertiary/aromatic N) is 3. The Hall–Kier alpha value is -1.52. The van der Waals surface area contributed by atoms with Gasteiger partial charge in [0.2, 0.25) is 0 Å². The van der Waals surface area contributed by atoms with E-state index >= 15 is 0 Å². The van der Waals surface area contributed by atoms with Crippen molar-refractivity contribution in [3.63, 3.8) is 0 Å². The second kappa shape index (κ2) is 4.54. The molecule has 1 aromatic heterocycles. The highest BCUT2D eigenvalue weighted by molar-refractivity contribution is 5.77. The number of hydrogen-bond donors (Lipinski definition) is 5. The Bertz CT molecular complexity index is 504. The maximum atomic E-state index is 9.94. The van der Waals surface area contributed by atoms with Crippen molar-refractivity contribution in [2.75, 3.05) is 11.9 Å². The van der Waals surface area contributed by atoms with Gasteiger partial charge >= 0.3 is 0 Å². The van der Waals surface area contributed by atoms with Crippen LogP contribution in [0.2, 0.25) is 0 Å². The second-order valence-electron chi connectivity index (χ2n) is 4.41. The van der Waals surface area contributed by atoms with Crippen molar-refractivity contribution in [3.8, 4) is 0 Å². The summed E-state index contributed by atoms with van der Waals surface area (Å²) in [7, 11) is 0. The molecular weight excluding hydrogens is 256 g/mol. The van der Waals surface area contributed by atoms with Gasteiger partial charge in [0.25, 0.3) is 0 Å². The lowest BCUT2D eigenvalue weighted by atomic mass is 10.1. The minimum atomic E-state index is -1.20. The molecule has 0 bridgehead atoms. The molecule has 0 radical (unpaired) electrons. The zero-order chi connectivity index (χ0) is 13.6. The first-order valence-corrected chi connectivity index (χ1v) is 5.79. The minimum Gasteiger partial charge on any atom is -0.394 e. The van der Waals surface area contributed by atoms with E-state index in [4.69, 9.17) is 9.84 Å². The van der Waals surface area contributed by atoms with Gasteiger partial charge in [0.1, 0.15) is 29.8 Å². The fourth-order valence-electron chi connectivity index (χ4n) is 2.26. The number of fused-ring (bicyclic) bond motifs is 1. The Labute approximate surface area is 107 Å². The Morgan fingerprint density at radius 3 is 2.79 bits per heavy atom. The van der Waals surface area contributed by atoms with Crippen LogP contribution in [0, 0.1) is 0 Å². The smallest absolute Gasteiger partial charge is 0.193 e. The van der Waals surface area contributed by atoms with Crippen LogP contribution in [-0.4, -0.2) is 61.2 Å². The molecule has 5 N–H and O–H groups in total. The molecule has 0 aromatic carbocycles. The standard InChI is InChI=1S/C10H14N4O5/c15-1-4-6(16)7(17)10(19-4)14-3-13-5-8(14)11-2-12-9(5)18/h2-4,6-7,9-10,15-18H,1H2,(H,11,12)/t4-,6-,7+,9+,10+/m0/s1. The van der Waals surface area contributed by atoms with Gasteiger partial charge in [0.15, 0.2) is 12.5 Å². The molecule has 1 saturated heterocycles. The molecule has 3 rings (SSSR count). The molecule has 0 unspecified atom stereocenters. The van der Waals surface area contributed by atoms with Gasteiger partial charge in [0.05, 0.1) is 19.3 Å². The second-order valence-corrected chi connectivity index (χ2v) is 4.41. The van der Waals surface area contributed by atoms with Crippen LogP contribution in [0.15, 0.2) is 11.3 Å². The molecule has 5 atom stereocenters. The molecule has 0 spiro atoms. The van der Waals surface area contributed by atoms with E-state index in [9.17, 15) is 15.3 Å². The van der Waals surface area contributed by atoms with Gasteiger partial charge in [-0.05, 0) is 0 Å². The number of nitrogens with one attached hydrogen (secondary N) is 1. The van der Waals surface area contributed by atoms with Crippen molar-refractivity contribution in [1.29, 1.82) is 0 Å². The molecule has 0 aliphatic carbocycles. The Morgan fingerprint density at radius 1 is 1.32 bits per heavy atom. The predicted molar refractivity (Wildman–Crippen MR) is 62.3 cm³/mol.